The van der Waals surface area contributed by atoms with Gasteiger partial charge < -0.3 is 10.0 Å². The number of aliphatic hydroxyl groups is 1. The van der Waals surface area contributed by atoms with Crippen molar-refractivity contribution in [2.24, 2.45) is 0 Å². The Hall–Kier alpha value is -0.930. The molecule has 0 aromatic carbocycles. The zero-order valence-electron chi connectivity index (χ0n) is 8.26. The van der Waals surface area contributed by atoms with Crippen molar-refractivity contribution < 1.29 is 5.11 Å². The molecule has 0 amide bonds. The lowest BCUT2D eigenvalue weighted by molar-refractivity contribution is 0.176. The Bertz CT molecular complexity index is 276. The molecule has 14 heavy (non-hydrogen) atoms. The van der Waals surface area contributed by atoms with E-state index >= 15 is 0 Å². The van der Waals surface area contributed by atoms with Crippen LogP contribution in [0.25, 0.3) is 0 Å². The lowest BCUT2D eigenvalue weighted by atomic mass is 10.2. The number of likely N-dealkylation sites (tertiary alicyclic amines) is 1. The molecule has 76 valence electrons. The van der Waals surface area contributed by atoms with Crippen molar-refractivity contribution in [3.05, 3.63) is 30.1 Å². The second kappa shape index (κ2) is 4.53. The molecule has 0 saturated carbocycles. The summed E-state index contributed by atoms with van der Waals surface area (Å²) in [6.45, 7) is 2.86. The summed E-state index contributed by atoms with van der Waals surface area (Å²) in [7, 11) is 0. The normalized spacial score (nSPS) is 22.8. The molecular weight excluding hydrogens is 176 g/mol. The van der Waals surface area contributed by atoms with Crippen molar-refractivity contribution in [1.82, 2.24) is 9.88 Å². The quantitative estimate of drug-likeness (QED) is 0.765. The van der Waals surface area contributed by atoms with Gasteiger partial charge in [-0.3, -0.25) is 4.98 Å². The second-order valence-corrected chi connectivity index (χ2v) is 3.81. The molecule has 1 atom stereocenters. The van der Waals surface area contributed by atoms with Crippen molar-refractivity contribution in [1.29, 1.82) is 0 Å². The number of rotatable bonds is 3. The third-order valence-corrected chi connectivity index (χ3v) is 2.66. The van der Waals surface area contributed by atoms with Gasteiger partial charge in [-0.25, -0.2) is 0 Å². The molecule has 1 N–H and O–H groups in total. The van der Waals surface area contributed by atoms with Gasteiger partial charge in [-0.2, -0.15) is 0 Å². The summed E-state index contributed by atoms with van der Waals surface area (Å²) < 4.78 is 0. The molecule has 3 nitrogen and oxygen atoms in total. The maximum Gasteiger partial charge on any atom is 0.0679 e. The largest absolute Gasteiger partial charge is 0.392 e. The summed E-state index contributed by atoms with van der Waals surface area (Å²) in [6, 6.07) is 6.00. The van der Waals surface area contributed by atoms with Gasteiger partial charge >= 0.3 is 0 Å². The number of β-amino-alcohol motifs (C(OH)–C–C–N with tert-alkyl or cyclic N) is 1. The van der Waals surface area contributed by atoms with E-state index in [1.807, 2.05) is 24.4 Å². The molecule has 1 fully saturated rings. The van der Waals surface area contributed by atoms with E-state index < -0.39 is 0 Å². The summed E-state index contributed by atoms with van der Waals surface area (Å²) in [5.74, 6) is 0. The first kappa shape index (κ1) is 9.62. The maximum absolute atomic E-state index is 9.34. The summed E-state index contributed by atoms with van der Waals surface area (Å²) in [6.07, 6.45) is 3.61. The minimum absolute atomic E-state index is 0.112. The average molecular weight is 192 g/mol. The molecule has 1 aromatic heterocycles. The Morgan fingerprint density at radius 1 is 1.50 bits per heavy atom. The van der Waals surface area contributed by atoms with Crippen LogP contribution in [0.15, 0.2) is 24.4 Å². The number of nitrogens with zero attached hydrogens (tertiary/aromatic N) is 2. The highest BCUT2D eigenvalue weighted by atomic mass is 16.3. The van der Waals surface area contributed by atoms with E-state index in [0.29, 0.717) is 0 Å². The third-order valence-electron chi connectivity index (χ3n) is 2.66. The van der Waals surface area contributed by atoms with Crippen LogP contribution in [0.5, 0.6) is 0 Å². The van der Waals surface area contributed by atoms with E-state index in [1.54, 1.807) is 0 Å². The van der Waals surface area contributed by atoms with Gasteiger partial charge in [0.15, 0.2) is 0 Å². The average Bonchev–Trinajstić information content (AvgIpc) is 2.63. The third kappa shape index (κ3) is 2.53. The molecule has 2 heterocycles. The number of aliphatic hydroxyl groups excluding tert-OH is 1. The predicted molar refractivity (Wildman–Crippen MR) is 55.0 cm³/mol. The van der Waals surface area contributed by atoms with Crippen molar-refractivity contribution in [3.8, 4) is 0 Å². The summed E-state index contributed by atoms with van der Waals surface area (Å²) in [4.78, 5) is 6.56. The monoisotopic (exact) mass is 192 g/mol. The van der Waals surface area contributed by atoms with Gasteiger partial charge in [-0.15, -0.1) is 0 Å². The zero-order valence-corrected chi connectivity index (χ0v) is 8.26. The molecule has 1 aliphatic rings. The van der Waals surface area contributed by atoms with Gasteiger partial charge in [0.2, 0.25) is 0 Å². The Kier molecular flexibility index (Phi) is 3.11. The molecule has 0 spiro atoms. The first-order chi connectivity index (χ1) is 6.84. The van der Waals surface area contributed by atoms with E-state index in [9.17, 15) is 5.11 Å². The summed E-state index contributed by atoms with van der Waals surface area (Å²) >= 11 is 0. The lowest BCUT2D eigenvalue weighted by Crippen LogP contribution is -2.24. The van der Waals surface area contributed by atoms with E-state index in [0.717, 1.165) is 38.2 Å². The first-order valence-electron chi connectivity index (χ1n) is 5.15. The molecule has 1 unspecified atom stereocenters. The van der Waals surface area contributed by atoms with E-state index in [4.69, 9.17) is 0 Å². The van der Waals surface area contributed by atoms with Crippen molar-refractivity contribution >= 4 is 0 Å². The molecule has 2 rings (SSSR count). The van der Waals surface area contributed by atoms with E-state index in [1.165, 1.54) is 0 Å². The van der Waals surface area contributed by atoms with Gasteiger partial charge in [0.05, 0.1) is 6.10 Å². The fraction of sp³-hybridized carbons (Fsp3) is 0.545. The molecule has 1 aliphatic heterocycles. The van der Waals surface area contributed by atoms with Gasteiger partial charge in [-0.1, -0.05) is 6.07 Å². The van der Waals surface area contributed by atoms with Crippen LogP contribution < -0.4 is 0 Å². The Morgan fingerprint density at radius 2 is 2.43 bits per heavy atom. The van der Waals surface area contributed by atoms with Gasteiger partial charge in [0, 0.05) is 37.9 Å². The number of aromatic nitrogens is 1. The molecule has 0 aliphatic carbocycles. The highest BCUT2D eigenvalue weighted by Gasteiger charge is 2.19. The Morgan fingerprint density at radius 3 is 3.07 bits per heavy atom. The highest BCUT2D eigenvalue weighted by molar-refractivity contribution is 5.03. The summed E-state index contributed by atoms with van der Waals surface area (Å²) in [5.41, 5.74) is 1.13. The van der Waals surface area contributed by atoms with Crippen LogP contribution in [0.2, 0.25) is 0 Å². The van der Waals surface area contributed by atoms with E-state index in [2.05, 4.69) is 9.88 Å². The van der Waals surface area contributed by atoms with Crippen LogP contribution in [-0.4, -0.2) is 40.7 Å². The zero-order chi connectivity index (χ0) is 9.80. The SMILES string of the molecule is OC1CCN(CCc2ccccn2)C1. The molecule has 1 saturated heterocycles. The molecular formula is C11H16N2O. The summed E-state index contributed by atoms with van der Waals surface area (Å²) in [5, 5.41) is 9.34. The van der Waals surface area contributed by atoms with Crippen LogP contribution in [-0.2, 0) is 6.42 Å². The van der Waals surface area contributed by atoms with Gasteiger partial charge in [0.1, 0.15) is 0 Å². The fourth-order valence-corrected chi connectivity index (χ4v) is 1.83. The van der Waals surface area contributed by atoms with Crippen molar-refractivity contribution in [2.45, 2.75) is 18.9 Å². The topological polar surface area (TPSA) is 36.4 Å². The van der Waals surface area contributed by atoms with Crippen LogP contribution in [0.3, 0.4) is 0 Å². The Balaban J connectivity index is 1.78. The second-order valence-electron chi connectivity index (χ2n) is 3.81. The minimum atomic E-state index is -0.112. The van der Waals surface area contributed by atoms with Crippen molar-refractivity contribution in [2.75, 3.05) is 19.6 Å². The van der Waals surface area contributed by atoms with Crippen LogP contribution in [0.4, 0.5) is 0 Å². The van der Waals surface area contributed by atoms with Gasteiger partial charge in [-0.05, 0) is 18.6 Å². The fourth-order valence-electron chi connectivity index (χ4n) is 1.83. The first-order valence-corrected chi connectivity index (χ1v) is 5.15. The molecule has 0 bridgehead atoms. The van der Waals surface area contributed by atoms with Crippen LogP contribution >= 0.6 is 0 Å². The van der Waals surface area contributed by atoms with E-state index in [-0.39, 0.29) is 6.10 Å². The Labute approximate surface area is 84.4 Å². The van der Waals surface area contributed by atoms with Gasteiger partial charge in [0.25, 0.3) is 0 Å². The number of hydrogen-bond donors (Lipinski definition) is 1. The number of pyridine rings is 1. The van der Waals surface area contributed by atoms with Crippen molar-refractivity contribution in [3.63, 3.8) is 0 Å². The highest BCUT2D eigenvalue weighted by Crippen LogP contribution is 2.09. The number of hydrogen-bond acceptors (Lipinski definition) is 3. The molecule has 0 radical (unpaired) electrons. The molecule has 3 heteroatoms. The van der Waals surface area contributed by atoms with Crippen LogP contribution in [0, 0.1) is 0 Å². The smallest absolute Gasteiger partial charge is 0.0679 e. The standard InChI is InChI=1S/C11H16N2O/c14-11-5-8-13(9-11)7-4-10-3-1-2-6-12-10/h1-3,6,11,14H,4-5,7-9H2. The van der Waals surface area contributed by atoms with Crippen LogP contribution in [0.1, 0.15) is 12.1 Å². The predicted octanol–water partition coefficient (Wildman–Crippen LogP) is 0.691. The maximum atomic E-state index is 9.34. The molecule has 1 aromatic rings. The lowest BCUT2D eigenvalue weighted by Gasteiger charge is -2.13. The minimum Gasteiger partial charge on any atom is -0.392 e.